The fraction of sp³-hybridized carbons (Fsp3) is 0.348. The molecule has 172 valence electrons. The third kappa shape index (κ3) is 4.25. The Kier molecular flexibility index (Phi) is 6.55. The number of nitrogens with one attached hydrogen (secondary N) is 2. The van der Waals surface area contributed by atoms with Crippen LogP contribution in [-0.2, 0) is 13.1 Å². The molecule has 3 heterocycles. The highest BCUT2D eigenvalue weighted by atomic mass is 32.1. The molecule has 0 amide bonds. The minimum absolute atomic E-state index is 0.00383. The molecule has 0 radical (unpaired) electrons. The SMILES string of the molecule is CCCCCn1c(=N)n(C(C)=N)c(=O)c2c1nc(-c1nccs1)n2Cc1ccc(OC)cc1. The van der Waals surface area contributed by atoms with Crippen molar-refractivity contribution in [2.45, 2.75) is 46.2 Å². The van der Waals surface area contributed by atoms with E-state index >= 15 is 0 Å². The molecule has 4 rings (SSSR count). The van der Waals surface area contributed by atoms with Crippen LogP contribution in [0.5, 0.6) is 5.75 Å². The first kappa shape index (κ1) is 22.7. The molecule has 4 aromatic rings. The molecule has 0 saturated carbocycles. The lowest BCUT2D eigenvalue weighted by atomic mass is 10.2. The predicted molar refractivity (Wildman–Crippen MR) is 129 cm³/mol. The second-order valence-corrected chi connectivity index (χ2v) is 8.68. The monoisotopic (exact) mass is 465 g/mol. The van der Waals surface area contributed by atoms with E-state index in [1.807, 2.05) is 34.2 Å². The predicted octanol–water partition coefficient (Wildman–Crippen LogP) is 3.69. The number of fused-ring (bicyclic) bond motifs is 1. The van der Waals surface area contributed by atoms with Gasteiger partial charge in [-0.2, -0.15) is 0 Å². The van der Waals surface area contributed by atoms with E-state index in [0.29, 0.717) is 35.1 Å². The standard InChI is InChI=1S/C23H27N7O2S/c1-4-5-6-12-28-19-18(22(31)30(15(2)24)23(28)25)29(20(27-19)21-26-11-13-33-21)14-16-7-9-17(32-3)10-8-16/h7-11,13,24-25H,4-6,12,14H2,1-3H3. The Hall–Kier alpha value is -3.53. The fourth-order valence-electron chi connectivity index (χ4n) is 3.87. The quantitative estimate of drug-likeness (QED) is 0.235. The summed E-state index contributed by atoms with van der Waals surface area (Å²) in [5.41, 5.74) is 1.35. The normalized spacial score (nSPS) is 11.2. The van der Waals surface area contributed by atoms with Crippen molar-refractivity contribution in [3.05, 3.63) is 57.4 Å². The van der Waals surface area contributed by atoms with E-state index in [2.05, 4.69) is 11.9 Å². The Bertz CT molecular complexity index is 1400. The number of ether oxygens (including phenoxy) is 1. The Morgan fingerprint density at radius 2 is 1.94 bits per heavy atom. The zero-order valence-electron chi connectivity index (χ0n) is 19.0. The number of nitrogens with zero attached hydrogens (tertiary/aromatic N) is 5. The van der Waals surface area contributed by atoms with Crippen molar-refractivity contribution in [3.63, 3.8) is 0 Å². The largest absolute Gasteiger partial charge is 0.497 e. The minimum atomic E-state index is -0.418. The molecule has 0 bridgehead atoms. The number of imidazole rings is 1. The van der Waals surface area contributed by atoms with Crippen LogP contribution in [-0.4, -0.2) is 36.6 Å². The summed E-state index contributed by atoms with van der Waals surface area (Å²) in [7, 11) is 1.62. The highest BCUT2D eigenvalue weighted by Crippen LogP contribution is 2.26. The van der Waals surface area contributed by atoms with Gasteiger partial charge in [0.1, 0.15) is 11.6 Å². The van der Waals surface area contributed by atoms with Gasteiger partial charge in [-0.3, -0.25) is 20.2 Å². The maximum absolute atomic E-state index is 13.6. The first-order chi connectivity index (χ1) is 16.0. The maximum Gasteiger partial charge on any atom is 0.286 e. The van der Waals surface area contributed by atoms with Crippen LogP contribution in [0, 0.1) is 10.8 Å². The van der Waals surface area contributed by atoms with E-state index in [-0.39, 0.29) is 11.5 Å². The van der Waals surface area contributed by atoms with Crippen molar-refractivity contribution in [1.29, 1.82) is 10.8 Å². The number of benzene rings is 1. The van der Waals surface area contributed by atoms with E-state index in [9.17, 15) is 4.79 Å². The Balaban J connectivity index is 2.00. The van der Waals surface area contributed by atoms with Gasteiger partial charge in [-0.25, -0.2) is 14.5 Å². The molecule has 33 heavy (non-hydrogen) atoms. The molecule has 10 heteroatoms. The Morgan fingerprint density at radius 1 is 1.18 bits per heavy atom. The molecule has 0 fully saturated rings. The van der Waals surface area contributed by atoms with E-state index < -0.39 is 5.56 Å². The molecule has 2 N–H and O–H groups in total. The van der Waals surface area contributed by atoms with Crippen LogP contribution in [0.4, 0.5) is 0 Å². The molecule has 1 aromatic carbocycles. The summed E-state index contributed by atoms with van der Waals surface area (Å²) < 4.78 is 10.0. The molecule has 0 aliphatic carbocycles. The van der Waals surface area contributed by atoms with Crippen LogP contribution in [0.2, 0.25) is 0 Å². The van der Waals surface area contributed by atoms with Gasteiger partial charge in [0.2, 0.25) is 5.62 Å². The molecule has 9 nitrogen and oxygen atoms in total. The van der Waals surface area contributed by atoms with Crippen molar-refractivity contribution in [2.75, 3.05) is 7.11 Å². The molecule has 0 saturated heterocycles. The molecule has 0 spiro atoms. The Labute approximate surface area is 195 Å². The van der Waals surface area contributed by atoms with Gasteiger partial charge < -0.3 is 9.30 Å². The molecular formula is C23H27N7O2S. The van der Waals surface area contributed by atoms with Crippen LogP contribution >= 0.6 is 11.3 Å². The maximum atomic E-state index is 13.6. The topological polar surface area (TPSA) is 115 Å². The summed E-state index contributed by atoms with van der Waals surface area (Å²) >= 11 is 1.45. The van der Waals surface area contributed by atoms with Gasteiger partial charge >= 0.3 is 0 Å². The second-order valence-electron chi connectivity index (χ2n) is 7.79. The van der Waals surface area contributed by atoms with Gasteiger partial charge in [0.15, 0.2) is 22.0 Å². The number of aromatic nitrogens is 5. The van der Waals surface area contributed by atoms with Gasteiger partial charge in [-0.05, 0) is 31.0 Å². The van der Waals surface area contributed by atoms with Gasteiger partial charge in [-0.1, -0.05) is 31.9 Å². The third-order valence-electron chi connectivity index (χ3n) is 5.52. The first-order valence-electron chi connectivity index (χ1n) is 10.8. The molecule has 0 aliphatic heterocycles. The van der Waals surface area contributed by atoms with Crippen LogP contribution < -0.4 is 15.9 Å². The highest BCUT2D eigenvalue weighted by Gasteiger charge is 2.23. The second kappa shape index (κ2) is 9.53. The lowest BCUT2D eigenvalue weighted by Gasteiger charge is -2.14. The van der Waals surface area contributed by atoms with Gasteiger partial charge in [0.05, 0.1) is 13.7 Å². The van der Waals surface area contributed by atoms with Gasteiger partial charge in [0, 0.05) is 18.1 Å². The van der Waals surface area contributed by atoms with Crippen LogP contribution in [0.15, 0.2) is 40.6 Å². The average molecular weight is 466 g/mol. The van der Waals surface area contributed by atoms with Gasteiger partial charge in [-0.15, -0.1) is 11.3 Å². The number of hydrogen-bond donors (Lipinski definition) is 2. The summed E-state index contributed by atoms with van der Waals surface area (Å²) in [6, 6.07) is 7.66. The Morgan fingerprint density at radius 3 is 2.55 bits per heavy atom. The highest BCUT2D eigenvalue weighted by molar-refractivity contribution is 7.13. The number of unbranched alkanes of at least 4 members (excludes halogenated alkanes) is 2. The van der Waals surface area contributed by atoms with E-state index in [1.54, 1.807) is 17.9 Å². The van der Waals surface area contributed by atoms with E-state index in [0.717, 1.165) is 35.1 Å². The summed E-state index contributed by atoms with van der Waals surface area (Å²) in [4.78, 5) is 22.8. The molecular weight excluding hydrogens is 438 g/mol. The number of thiazole rings is 1. The van der Waals surface area contributed by atoms with Crippen molar-refractivity contribution in [1.82, 2.24) is 23.7 Å². The minimum Gasteiger partial charge on any atom is -0.497 e. The van der Waals surface area contributed by atoms with Crippen molar-refractivity contribution < 1.29 is 4.74 Å². The third-order valence-corrected chi connectivity index (χ3v) is 6.29. The number of hydrogen-bond acceptors (Lipinski definition) is 7. The lowest BCUT2D eigenvalue weighted by molar-refractivity contribution is 0.414. The zero-order valence-corrected chi connectivity index (χ0v) is 19.8. The van der Waals surface area contributed by atoms with E-state index in [4.69, 9.17) is 20.5 Å². The van der Waals surface area contributed by atoms with Gasteiger partial charge in [0.25, 0.3) is 5.56 Å². The first-order valence-corrected chi connectivity index (χ1v) is 11.7. The average Bonchev–Trinajstić information content (AvgIpc) is 3.45. The number of aryl methyl sites for hydroxylation is 1. The molecule has 0 aliphatic rings. The molecule has 0 unspecified atom stereocenters. The van der Waals surface area contributed by atoms with Crippen LogP contribution in [0.3, 0.4) is 0 Å². The van der Waals surface area contributed by atoms with E-state index in [1.165, 1.54) is 18.3 Å². The van der Waals surface area contributed by atoms with Crippen molar-refractivity contribution in [3.8, 4) is 16.6 Å². The zero-order chi connectivity index (χ0) is 23.5. The smallest absolute Gasteiger partial charge is 0.286 e. The number of rotatable bonds is 8. The molecule has 3 aromatic heterocycles. The summed E-state index contributed by atoms with van der Waals surface area (Å²) in [5.74, 6) is 1.34. The molecule has 0 atom stereocenters. The summed E-state index contributed by atoms with van der Waals surface area (Å²) in [6.07, 6.45) is 4.61. The fourth-order valence-corrected chi connectivity index (χ4v) is 4.50. The van der Waals surface area contributed by atoms with Crippen molar-refractivity contribution in [2.24, 2.45) is 0 Å². The van der Waals surface area contributed by atoms with Crippen LogP contribution in [0.1, 0.15) is 38.7 Å². The summed E-state index contributed by atoms with van der Waals surface area (Å²) in [5, 5.41) is 19.4. The van der Waals surface area contributed by atoms with Crippen LogP contribution in [0.25, 0.3) is 22.0 Å². The summed E-state index contributed by atoms with van der Waals surface area (Å²) in [6.45, 7) is 4.59. The van der Waals surface area contributed by atoms with Crippen molar-refractivity contribution >= 4 is 28.3 Å². The number of methoxy groups -OCH3 is 1. The lowest BCUT2D eigenvalue weighted by Crippen LogP contribution is -2.43.